The second-order valence-corrected chi connectivity index (χ2v) is 6.96. The number of nitrogens with zero attached hydrogens (tertiary/aromatic N) is 6. The zero-order valence-corrected chi connectivity index (χ0v) is 15.5. The van der Waals surface area contributed by atoms with Crippen molar-refractivity contribution in [3.63, 3.8) is 0 Å². The number of hydrogen-bond acceptors (Lipinski definition) is 8. The Morgan fingerprint density at radius 3 is 2.38 bits per heavy atom. The van der Waals surface area contributed by atoms with Crippen molar-refractivity contribution in [3.05, 3.63) is 29.3 Å². The van der Waals surface area contributed by atoms with Gasteiger partial charge in [-0.05, 0) is 13.8 Å². The fraction of sp³-hybridized carbons (Fsp3) is 0.611. The molecule has 4 rings (SSSR count). The fourth-order valence-corrected chi connectivity index (χ4v) is 3.46. The highest BCUT2D eigenvalue weighted by Gasteiger charge is 2.22. The van der Waals surface area contributed by atoms with E-state index in [2.05, 4.69) is 30.9 Å². The average Bonchev–Trinajstić information content (AvgIpc) is 3.07. The molecule has 2 aromatic heterocycles. The number of rotatable bonds is 4. The predicted molar refractivity (Wildman–Crippen MR) is 98.5 cm³/mol. The normalized spacial score (nSPS) is 19.2. The van der Waals surface area contributed by atoms with Crippen molar-refractivity contribution in [2.75, 3.05) is 62.3 Å². The molecule has 0 radical (unpaired) electrons. The zero-order valence-electron chi connectivity index (χ0n) is 15.5. The monoisotopic (exact) mass is 358 g/mol. The molecule has 0 unspecified atom stereocenters. The van der Waals surface area contributed by atoms with Gasteiger partial charge in [0, 0.05) is 63.6 Å². The molecule has 140 valence electrons. The van der Waals surface area contributed by atoms with Gasteiger partial charge in [0.05, 0.1) is 18.9 Å². The van der Waals surface area contributed by atoms with E-state index in [-0.39, 0.29) is 0 Å². The molecule has 0 atom stereocenters. The molecule has 8 nitrogen and oxygen atoms in total. The molecule has 8 heteroatoms. The second kappa shape index (κ2) is 7.59. The molecule has 0 aliphatic carbocycles. The molecule has 2 aliphatic rings. The van der Waals surface area contributed by atoms with E-state index in [1.165, 1.54) is 0 Å². The van der Waals surface area contributed by atoms with E-state index in [1.807, 2.05) is 19.9 Å². The molecule has 0 N–H and O–H groups in total. The van der Waals surface area contributed by atoms with Crippen molar-refractivity contribution < 1.29 is 9.26 Å². The van der Waals surface area contributed by atoms with Crippen LogP contribution in [-0.4, -0.2) is 72.5 Å². The minimum atomic E-state index is 0.762. The number of morpholine rings is 1. The largest absolute Gasteiger partial charge is 0.378 e. The highest BCUT2D eigenvalue weighted by Crippen LogP contribution is 2.20. The summed E-state index contributed by atoms with van der Waals surface area (Å²) in [4.78, 5) is 16.5. The molecule has 0 aromatic carbocycles. The lowest BCUT2D eigenvalue weighted by atomic mass is 10.3. The number of aryl methyl sites for hydroxylation is 2. The van der Waals surface area contributed by atoms with Gasteiger partial charge in [0.2, 0.25) is 5.95 Å². The quantitative estimate of drug-likeness (QED) is 0.809. The summed E-state index contributed by atoms with van der Waals surface area (Å²) in [6, 6.07) is 4.07. The molecule has 2 saturated heterocycles. The standard InChI is InChI=1S/C18H26N6O2/c1-14-11-17(23-7-9-25-10-8-23)20-18(19-14)24-5-3-22(4-6-24)13-16-12-15(2)26-21-16/h11-12H,3-10,13H2,1-2H3. The Morgan fingerprint density at radius 1 is 0.923 bits per heavy atom. The first-order valence-corrected chi connectivity index (χ1v) is 9.25. The maximum atomic E-state index is 5.45. The molecule has 0 spiro atoms. The Bertz CT molecular complexity index is 735. The summed E-state index contributed by atoms with van der Waals surface area (Å²) in [7, 11) is 0. The van der Waals surface area contributed by atoms with E-state index in [0.717, 1.165) is 87.9 Å². The summed E-state index contributed by atoms with van der Waals surface area (Å²) in [5, 5.41) is 4.09. The Kier molecular flexibility index (Phi) is 5.03. The Labute approximate surface area is 153 Å². The molecular weight excluding hydrogens is 332 g/mol. The minimum Gasteiger partial charge on any atom is -0.378 e. The maximum absolute atomic E-state index is 5.45. The molecule has 2 aliphatic heterocycles. The van der Waals surface area contributed by atoms with Crippen LogP contribution in [0.5, 0.6) is 0 Å². The first-order valence-electron chi connectivity index (χ1n) is 9.25. The summed E-state index contributed by atoms with van der Waals surface area (Å²) in [5.74, 6) is 2.71. The van der Waals surface area contributed by atoms with Crippen LogP contribution >= 0.6 is 0 Å². The number of aromatic nitrogens is 3. The molecule has 4 heterocycles. The molecule has 0 bridgehead atoms. The predicted octanol–water partition coefficient (Wildman–Crippen LogP) is 1.24. The maximum Gasteiger partial charge on any atom is 0.227 e. The van der Waals surface area contributed by atoms with E-state index in [1.54, 1.807) is 0 Å². The van der Waals surface area contributed by atoms with E-state index < -0.39 is 0 Å². The van der Waals surface area contributed by atoms with Crippen molar-refractivity contribution in [2.45, 2.75) is 20.4 Å². The smallest absolute Gasteiger partial charge is 0.227 e. The van der Waals surface area contributed by atoms with Gasteiger partial charge < -0.3 is 19.1 Å². The Hall–Kier alpha value is -2.19. The fourth-order valence-electron chi connectivity index (χ4n) is 3.46. The molecule has 2 aromatic rings. The highest BCUT2D eigenvalue weighted by atomic mass is 16.5. The Balaban J connectivity index is 1.39. The second-order valence-electron chi connectivity index (χ2n) is 6.96. The van der Waals surface area contributed by atoms with Crippen LogP contribution in [0.3, 0.4) is 0 Å². The Morgan fingerprint density at radius 2 is 1.69 bits per heavy atom. The lowest BCUT2D eigenvalue weighted by molar-refractivity contribution is 0.122. The van der Waals surface area contributed by atoms with Gasteiger partial charge in [0.25, 0.3) is 0 Å². The summed E-state index contributed by atoms with van der Waals surface area (Å²) < 4.78 is 10.6. The van der Waals surface area contributed by atoms with E-state index >= 15 is 0 Å². The number of piperazine rings is 1. The minimum absolute atomic E-state index is 0.762. The third-order valence-electron chi connectivity index (χ3n) is 4.88. The van der Waals surface area contributed by atoms with Crippen LogP contribution in [0.4, 0.5) is 11.8 Å². The van der Waals surface area contributed by atoms with Crippen molar-refractivity contribution in [1.29, 1.82) is 0 Å². The van der Waals surface area contributed by atoms with Crippen LogP contribution in [0, 0.1) is 13.8 Å². The van der Waals surface area contributed by atoms with Crippen LogP contribution in [0.1, 0.15) is 17.1 Å². The van der Waals surface area contributed by atoms with Gasteiger partial charge in [-0.15, -0.1) is 0 Å². The zero-order chi connectivity index (χ0) is 17.9. The molecule has 0 amide bonds. The van der Waals surface area contributed by atoms with Gasteiger partial charge in [0.1, 0.15) is 11.6 Å². The van der Waals surface area contributed by atoms with Crippen molar-refractivity contribution in [3.8, 4) is 0 Å². The van der Waals surface area contributed by atoms with Gasteiger partial charge in [-0.25, -0.2) is 4.98 Å². The third-order valence-corrected chi connectivity index (χ3v) is 4.88. The van der Waals surface area contributed by atoms with Gasteiger partial charge in [0.15, 0.2) is 0 Å². The summed E-state index contributed by atoms with van der Waals surface area (Å²) in [5.41, 5.74) is 2.01. The molecule has 26 heavy (non-hydrogen) atoms. The van der Waals surface area contributed by atoms with Crippen LogP contribution in [0.25, 0.3) is 0 Å². The van der Waals surface area contributed by atoms with Gasteiger partial charge >= 0.3 is 0 Å². The van der Waals surface area contributed by atoms with E-state index in [4.69, 9.17) is 14.2 Å². The number of ether oxygens (including phenoxy) is 1. The lowest BCUT2D eigenvalue weighted by Crippen LogP contribution is -2.46. The van der Waals surface area contributed by atoms with Crippen molar-refractivity contribution in [2.24, 2.45) is 0 Å². The first kappa shape index (κ1) is 17.2. The van der Waals surface area contributed by atoms with E-state index in [9.17, 15) is 0 Å². The van der Waals surface area contributed by atoms with Crippen LogP contribution in [-0.2, 0) is 11.3 Å². The average molecular weight is 358 g/mol. The number of anilines is 2. The molecular formula is C18H26N6O2. The molecule has 0 saturated carbocycles. The van der Waals surface area contributed by atoms with Crippen molar-refractivity contribution >= 4 is 11.8 Å². The topological polar surface area (TPSA) is 70.8 Å². The lowest BCUT2D eigenvalue weighted by Gasteiger charge is -2.35. The van der Waals surface area contributed by atoms with E-state index in [0.29, 0.717) is 0 Å². The summed E-state index contributed by atoms with van der Waals surface area (Å²) in [6.45, 7) is 11.9. The SMILES string of the molecule is Cc1cc(N2CCOCC2)nc(N2CCN(Cc3cc(C)on3)CC2)n1. The van der Waals surface area contributed by atoms with Crippen LogP contribution in [0.2, 0.25) is 0 Å². The van der Waals surface area contributed by atoms with Gasteiger partial charge in [-0.2, -0.15) is 4.98 Å². The van der Waals surface area contributed by atoms with Gasteiger partial charge in [-0.1, -0.05) is 5.16 Å². The third kappa shape index (κ3) is 3.96. The first-order chi connectivity index (χ1) is 12.7. The van der Waals surface area contributed by atoms with Crippen molar-refractivity contribution in [1.82, 2.24) is 20.0 Å². The molecule has 2 fully saturated rings. The van der Waals surface area contributed by atoms with Crippen LogP contribution in [0.15, 0.2) is 16.7 Å². The summed E-state index contributed by atoms with van der Waals surface area (Å²) >= 11 is 0. The van der Waals surface area contributed by atoms with Crippen LogP contribution < -0.4 is 9.80 Å². The number of hydrogen-bond donors (Lipinski definition) is 0. The highest BCUT2D eigenvalue weighted by molar-refractivity contribution is 5.46. The van der Waals surface area contributed by atoms with Gasteiger partial charge in [-0.3, -0.25) is 4.90 Å². The summed E-state index contributed by atoms with van der Waals surface area (Å²) in [6.07, 6.45) is 0.